The SMILES string of the molecule is O=C(O)CCS(=O)C1C2CC3CC(C2)CC1C3. The Bertz CT molecular complexity index is 325. The van der Waals surface area contributed by atoms with Crippen LogP contribution in [0.4, 0.5) is 0 Å². The molecule has 4 rings (SSSR count). The molecule has 0 saturated heterocycles. The second kappa shape index (κ2) is 4.38. The van der Waals surface area contributed by atoms with Gasteiger partial charge in [-0.3, -0.25) is 9.00 Å². The number of carboxylic acids is 1. The molecule has 0 radical (unpaired) electrons. The highest BCUT2D eigenvalue weighted by atomic mass is 32.2. The van der Waals surface area contributed by atoms with Crippen LogP contribution in [0.15, 0.2) is 0 Å². The third-order valence-electron chi connectivity index (χ3n) is 4.96. The minimum absolute atomic E-state index is 0.0649. The van der Waals surface area contributed by atoms with Gasteiger partial charge in [0, 0.05) is 21.8 Å². The van der Waals surface area contributed by atoms with Gasteiger partial charge in [0.2, 0.25) is 0 Å². The topological polar surface area (TPSA) is 54.4 Å². The van der Waals surface area contributed by atoms with Crippen LogP contribution >= 0.6 is 0 Å². The maximum absolute atomic E-state index is 12.3. The zero-order valence-corrected chi connectivity index (χ0v) is 10.8. The van der Waals surface area contributed by atoms with E-state index in [4.69, 9.17) is 5.11 Å². The smallest absolute Gasteiger partial charge is 0.304 e. The fourth-order valence-corrected chi connectivity index (χ4v) is 6.58. The van der Waals surface area contributed by atoms with Crippen molar-refractivity contribution < 1.29 is 14.1 Å². The summed E-state index contributed by atoms with van der Waals surface area (Å²) in [5.41, 5.74) is 0. The van der Waals surface area contributed by atoms with E-state index >= 15 is 0 Å². The van der Waals surface area contributed by atoms with Gasteiger partial charge in [-0.15, -0.1) is 0 Å². The summed E-state index contributed by atoms with van der Waals surface area (Å²) in [6.45, 7) is 0. The molecule has 4 bridgehead atoms. The number of rotatable bonds is 4. The average Bonchev–Trinajstić information content (AvgIpc) is 2.24. The Morgan fingerprint density at radius 2 is 1.59 bits per heavy atom. The van der Waals surface area contributed by atoms with E-state index < -0.39 is 16.8 Å². The van der Waals surface area contributed by atoms with Crippen molar-refractivity contribution in [3.8, 4) is 0 Å². The summed E-state index contributed by atoms with van der Waals surface area (Å²) in [6.07, 6.45) is 6.51. The molecule has 0 amide bonds. The summed E-state index contributed by atoms with van der Waals surface area (Å²) in [5.74, 6) is 2.61. The summed E-state index contributed by atoms with van der Waals surface area (Å²) >= 11 is 0. The highest BCUT2D eigenvalue weighted by molar-refractivity contribution is 7.85. The van der Waals surface area contributed by atoms with E-state index in [1.807, 2.05) is 0 Å². The maximum Gasteiger partial charge on any atom is 0.304 e. The van der Waals surface area contributed by atoms with E-state index in [1.54, 1.807) is 0 Å². The zero-order valence-electron chi connectivity index (χ0n) is 10.0. The lowest BCUT2D eigenvalue weighted by Gasteiger charge is -2.53. The molecule has 1 unspecified atom stereocenters. The third-order valence-corrected chi connectivity index (χ3v) is 6.94. The van der Waals surface area contributed by atoms with Crippen LogP contribution in [0.5, 0.6) is 0 Å². The van der Waals surface area contributed by atoms with Gasteiger partial charge >= 0.3 is 5.97 Å². The monoisotopic (exact) mass is 256 g/mol. The molecule has 4 saturated carbocycles. The number of hydrogen-bond acceptors (Lipinski definition) is 2. The third kappa shape index (κ3) is 2.16. The van der Waals surface area contributed by atoms with Gasteiger partial charge in [0.15, 0.2) is 0 Å². The molecule has 0 aliphatic heterocycles. The lowest BCUT2D eigenvalue weighted by atomic mass is 9.56. The van der Waals surface area contributed by atoms with Crippen molar-refractivity contribution in [1.82, 2.24) is 0 Å². The fraction of sp³-hybridized carbons (Fsp3) is 0.923. The first-order valence-electron chi connectivity index (χ1n) is 6.72. The van der Waals surface area contributed by atoms with Gasteiger partial charge in [-0.2, -0.15) is 0 Å². The van der Waals surface area contributed by atoms with Crippen molar-refractivity contribution in [3.05, 3.63) is 0 Å². The first kappa shape index (κ1) is 11.7. The predicted molar refractivity (Wildman–Crippen MR) is 66.1 cm³/mol. The van der Waals surface area contributed by atoms with E-state index in [1.165, 1.54) is 32.1 Å². The summed E-state index contributed by atoms with van der Waals surface area (Å²) < 4.78 is 12.3. The van der Waals surface area contributed by atoms with E-state index in [-0.39, 0.29) is 6.42 Å². The lowest BCUT2D eigenvalue weighted by molar-refractivity contribution is -0.136. The highest BCUT2D eigenvalue weighted by Gasteiger charge is 2.50. The van der Waals surface area contributed by atoms with Gasteiger partial charge < -0.3 is 5.11 Å². The number of carboxylic acid groups (broad SMARTS) is 1. The second-order valence-corrected chi connectivity index (χ2v) is 7.84. The van der Waals surface area contributed by atoms with Crippen LogP contribution in [0.1, 0.15) is 38.5 Å². The van der Waals surface area contributed by atoms with Crippen molar-refractivity contribution in [2.45, 2.75) is 43.8 Å². The van der Waals surface area contributed by atoms with Gasteiger partial charge in [0.1, 0.15) is 0 Å². The van der Waals surface area contributed by atoms with Crippen molar-refractivity contribution >= 4 is 16.8 Å². The molecule has 0 aromatic heterocycles. The molecule has 96 valence electrons. The maximum atomic E-state index is 12.3. The van der Waals surface area contributed by atoms with Crippen molar-refractivity contribution in [2.75, 3.05) is 5.75 Å². The summed E-state index contributed by atoms with van der Waals surface area (Å²) in [6, 6.07) is 0. The second-order valence-electron chi connectivity index (χ2n) is 6.12. The Balaban J connectivity index is 1.67. The van der Waals surface area contributed by atoms with Crippen molar-refractivity contribution in [3.63, 3.8) is 0 Å². The summed E-state index contributed by atoms with van der Waals surface area (Å²) in [7, 11) is -0.911. The van der Waals surface area contributed by atoms with Crippen LogP contribution in [-0.4, -0.2) is 26.3 Å². The molecule has 1 atom stereocenters. The van der Waals surface area contributed by atoms with Crippen LogP contribution in [0, 0.1) is 23.7 Å². The Morgan fingerprint density at radius 3 is 2.06 bits per heavy atom. The molecule has 3 nitrogen and oxygen atoms in total. The standard InChI is InChI=1S/C13H20O3S/c14-12(15)1-2-17(16)13-10-4-8-3-9(6-10)7-11(13)5-8/h8-11,13H,1-7H2,(H,14,15). The molecule has 17 heavy (non-hydrogen) atoms. The largest absolute Gasteiger partial charge is 0.481 e. The van der Waals surface area contributed by atoms with Gasteiger partial charge in [-0.05, 0) is 55.8 Å². The minimum atomic E-state index is -0.911. The zero-order chi connectivity index (χ0) is 12.0. The lowest BCUT2D eigenvalue weighted by Crippen LogP contribution is -2.50. The Kier molecular flexibility index (Phi) is 3.01. The van der Waals surface area contributed by atoms with Crippen molar-refractivity contribution in [2.24, 2.45) is 23.7 Å². The first-order valence-corrected chi connectivity index (χ1v) is 8.10. The first-order chi connectivity index (χ1) is 8.13. The minimum Gasteiger partial charge on any atom is -0.481 e. The van der Waals surface area contributed by atoms with Gasteiger partial charge in [0.25, 0.3) is 0 Å². The Morgan fingerprint density at radius 1 is 1.06 bits per heavy atom. The molecular weight excluding hydrogens is 236 g/mol. The predicted octanol–water partition coefficient (Wildman–Crippen LogP) is 2.03. The van der Waals surface area contributed by atoms with Gasteiger partial charge in [-0.1, -0.05) is 0 Å². The Hall–Kier alpha value is -0.380. The molecule has 0 aromatic rings. The summed E-state index contributed by atoms with van der Waals surface area (Å²) in [4.78, 5) is 10.6. The molecular formula is C13H20O3S. The number of aliphatic carboxylic acids is 1. The summed E-state index contributed by atoms with van der Waals surface area (Å²) in [5, 5.41) is 9.00. The van der Waals surface area contributed by atoms with Crippen LogP contribution < -0.4 is 0 Å². The van der Waals surface area contributed by atoms with Crippen LogP contribution in [-0.2, 0) is 15.6 Å². The molecule has 4 aliphatic rings. The van der Waals surface area contributed by atoms with E-state index in [0.717, 1.165) is 11.8 Å². The fourth-order valence-electron chi connectivity index (χ4n) is 4.63. The van der Waals surface area contributed by atoms with Crippen LogP contribution in [0.3, 0.4) is 0 Å². The van der Waals surface area contributed by atoms with Gasteiger partial charge in [-0.25, -0.2) is 0 Å². The van der Waals surface area contributed by atoms with E-state index in [9.17, 15) is 9.00 Å². The average molecular weight is 256 g/mol. The number of carbonyl (C=O) groups is 1. The van der Waals surface area contributed by atoms with Crippen LogP contribution in [0.25, 0.3) is 0 Å². The molecule has 4 heteroatoms. The van der Waals surface area contributed by atoms with Gasteiger partial charge in [0.05, 0.1) is 6.42 Å². The number of hydrogen-bond donors (Lipinski definition) is 1. The highest BCUT2D eigenvalue weighted by Crippen LogP contribution is 2.55. The van der Waals surface area contributed by atoms with Crippen LogP contribution in [0.2, 0.25) is 0 Å². The molecule has 0 spiro atoms. The molecule has 1 N–H and O–H groups in total. The molecule has 4 fully saturated rings. The Labute approximate surface area is 104 Å². The van der Waals surface area contributed by atoms with E-state index in [2.05, 4.69) is 0 Å². The van der Waals surface area contributed by atoms with Crippen molar-refractivity contribution in [1.29, 1.82) is 0 Å². The molecule has 4 aliphatic carbocycles. The van der Waals surface area contributed by atoms with E-state index in [0.29, 0.717) is 22.8 Å². The molecule has 0 aromatic carbocycles. The molecule has 0 heterocycles. The normalized spacial score (nSPS) is 44.8. The quantitative estimate of drug-likeness (QED) is 0.837.